The minimum atomic E-state index is -0.393. The van der Waals surface area contributed by atoms with Crippen molar-refractivity contribution in [3.63, 3.8) is 0 Å². The summed E-state index contributed by atoms with van der Waals surface area (Å²) in [4.78, 5) is 10.7. The van der Waals surface area contributed by atoms with Crippen molar-refractivity contribution in [1.29, 1.82) is 0 Å². The van der Waals surface area contributed by atoms with Crippen LogP contribution >= 0.6 is 12.6 Å². The third-order valence-electron chi connectivity index (χ3n) is 0.668. The van der Waals surface area contributed by atoms with Gasteiger partial charge in [-0.2, -0.15) is 0 Å². The number of carbonyl (C=O) groups is 1. The van der Waals surface area contributed by atoms with Crippen LogP contribution in [0.5, 0.6) is 0 Å². The fourth-order valence-electron chi connectivity index (χ4n) is 0.222. The number of hydrogen-bond acceptors (Lipinski definition) is 3. The third kappa shape index (κ3) is 2.02. The lowest BCUT2D eigenvalue weighted by Gasteiger charge is -1.92. The Morgan fingerprint density at radius 1 is 1.75 bits per heavy atom. The maximum atomic E-state index is 10.4. The smallest absolute Gasteiger partial charge is 0.343 e. The predicted octanol–water partition coefficient (Wildman–Crippen LogP) is 0.993. The van der Waals surface area contributed by atoms with E-state index in [2.05, 4.69) is 17.4 Å². The molecule has 0 aromatic heterocycles. The van der Waals surface area contributed by atoms with E-state index in [1.54, 1.807) is 13.0 Å². The van der Waals surface area contributed by atoms with Crippen molar-refractivity contribution in [1.82, 2.24) is 0 Å². The molecule has 2 nitrogen and oxygen atoms in total. The number of rotatable bonds is 1. The minimum absolute atomic E-state index is 0.340. The number of thiol groups is 1. The molecule has 0 aliphatic carbocycles. The van der Waals surface area contributed by atoms with E-state index in [0.29, 0.717) is 4.91 Å². The van der Waals surface area contributed by atoms with Gasteiger partial charge in [0.25, 0.3) is 0 Å². The van der Waals surface area contributed by atoms with E-state index < -0.39 is 5.97 Å². The monoisotopic (exact) mass is 132 g/mol. The van der Waals surface area contributed by atoms with Crippen LogP contribution in [-0.4, -0.2) is 13.1 Å². The highest BCUT2D eigenvalue weighted by atomic mass is 32.1. The van der Waals surface area contributed by atoms with Gasteiger partial charge in [-0.25, -0.2) is 4.79 Å². The summed E-state index contributed by atoms with van der Waals surface area (Å²) in [5.41, 5.74) is 0. The molecular weight excluding hydrogens is 124 g/mol. The molecule has 3 heteroatoms. The predicted molar refractivity (Wildman–Crippen MR) is 34.8 cm³/mol. The molecule has 0 radical (unpaired) electrons. The molecule has 0 amide bonds. The second kappa shape index (κ2) is 3.55. The fourth-order valence-corrected chi connectivity index (χ4v) is 0.314. The molecule has 0 aliphatic rings. The topological polar surface area (TPSA) is 26.3 Å². The van der Waals surface area contributed by atoms with Crippen molar-refractivity contribution in [2.24, 2.45) is 0 Å². The highest BCUT2D eigenvalue weighted by Crippen LogP contribution is 2.00. The zero-order valence-electron chi connectivity index (χ0n) is 4.84. The number of hydrogen-bond donors (Lipinski definition) is 1. The van der Waals surface area contributed by atoms with Gasteiger partial charge in [0.1, 0.15) is 0 Å². The zero-order chi connectivity index (χ0) is 6.57. The second-order valence-electron chi connectivity index (χ2n) is 1.17. The first-order valence-electron chi connectivity index (χ1n) is 2.16. The Kier molecular flexibility index (Phi) is 3.35. The van der Waals surface area contributed by atoms with Gasteiger partial charge in [0.05, 0.1) is 12.0 Å². The first-order chi connectivity index (χ1) is 3.72. The normalized spacial score (nSPS) is 11.1. The van der Waals surface area contributed by atoms with Crippen LogP contribution in [0.1, 0.15) is 6.92 Å². The largest absolute Gasteiger partial charge is 0.465 e. The van der Waals surface area contributed by atoms with Crippen LogP contribution in [0.25, 0.3) is 0 Å². The van der Waals surface area contributed by atoms with Gasteiger partial charge < -0.3 is 4.74 Å². The van der Waals surface area contributed by atoms with Gasteiger partial charge in [0.2, 0.25) is 0 Å². The Balaban J connectivity index is 3.83. The lowest BCUT2D eigenvalue weighted by atomic mass is 10.5. The minimum Gasteiger partial charge on any atom is -0.465 e. The van der Waals surface area contributed by atoms with E-state index in [1.165, 1.54) is 7.11 Å². The molecule has 0 saturated heterocycles. The van der Waals surface area contributed by atoms with E-state index >= 15 is 0 Å². The molecule has 0 aliphatic heterocycles. The van der Waals surface area contributed by atoms with Crippen LogP contribution in [0.3, 0.4) is 0 Å². The molecule has 0 aromatic carbocycles. The molecule has 0 bridgehead atoms. The molecule has 0 saturated carbocycles. The number of methoxy groups -OCH3 is 1. The molecule has 0 fully saturated rings. The van der Waals surface area contributed by atoms with Gasteiger partial charge in [0, 0.05) is 0 Å². The Morgan fingerprint density at radius 2 is 2.25 bits per heavy atom. The van der Waals surface area contributed by atoms with Crippen molar-refractivity contribution in [3.05, 3.63) is 11.0 Å². The molecule has 0 heterocycles. The Labute approximate surface area is 53.9 Å². The second-order valence-corrected chi connectivity index (χ2v) is 1.65. The Bertz CT molecular complexity index is 118. The van der Waals surface area contributed by atoms with Crippen molar-refractivity contribution in [3.8, 4) is 0 Å². The van der Waals surface area contributed by atoms with E-state index in [1.807, 2.05) is 0 Å². The van der Waals surface area contributed by atoms with Crippen molar-refractivity contribution in [2.75, 3.05) is 7.11 Å². The highest BCUT2D eigenvalue weighted by molar-refractivity contribution is 7.85. The van der Waals surface area contributed by atoms with Gasteiger partial charge in [-0.15, -0.1) is 12.6 Å². The van der Waals surface area contributed by atoms with E-state index in [0.717, 1.165) is 0 Å². The molecule has 8 heavy (non-hydrogen) atoms. The lowest BCUT2D eigenvalue weighted by molar-refractivity contribution is -0.135. The number of carbonyl (C=O) groups excluding carboxylic acids is 1. The molecule has 0 atom stereocenters. The highest BCUT2D eigenvalue weighted by Gasteiger charge is 1.99. The zero-order valence-corrected chi connectivity index (χ0v) is 5.74. The Hall–Kier alpha value is -0.440. The Morgan fingerprint density at radius 3 is 2.38 bits per heavy atom. The first kappa shape index (κ1) is 7.56. The third-order valence-corrected chi connectivity index (χ3v) is 1.11. The standard InChI is InChI=1S/C5H8O2S/c1-3-4(8)5(6)7-2/h3,8H,1-2H3. The fraction of sp³-hybridized carbons (Fsp3) is 0.400. The summed E-state index contributed by atoms with van der Waals surface area (Å²) in [5.74, 6) is -0.393. The van der Waals surface area contributed by atoms with Gasteiger partial charge >= 0.3 is 5.97 Å². The van der Waals surface area contributed by atoms with Gasteiger partial charge in [-0.1, -0.05) is 6.08 Å². The number of esters is 1. The molecule has 46 valence electrons. The van der Waals surface area contributed by atoms with Crippen molar-refractivity contribution < 1.29 is 9.53 Å². The van der Waals surface area contributed by atoms with Crippen molar-refractivity contribution >= 4 is 18.6 Å². The molecule has 0 spiro atoms. The van der Waals surface area contributed by atoms with E-state index in [9.17, 15) is 4.79 Å². The molecule has 0 rings (SSSR count). The van der Waals surface area contributed by atoms with Crippen LogP contribution in [0.2, 0.25) is 0 Å². The molecule has 0 unspecified atom stereocenters. The van der Waals surface area contributed by atoms with Crippen LogP contribution in [0, 0.1) is 0 Å². The molecule has 0 N–H and O–H groups in total. The van der Waals surface area contributed by atoms with Gasteiger partial charge in [-0.05, 0) is 6.92 Å². The molecule has 0 aromatic rings. The van der Waals surface area contributed by atoms with Crippen molar-refractivity contribution in [2.45, 2.75) is 6.92 Å². The maximum Gasteiger partial charge on any atom is 0.343 e. The maximum absolute atomic E-state index is 10.4. The number of allylic oxidation sites excluding steroid dienone is 1. The summed E-state index contributed by atoms with van der Waals surface area (Å²) in [7, 11) is 1.32. The van der Waals surface area contributed by atoms with Crippen LogP contribution < -0.4 is 0 Å². The van der Waals surface area contributed by atoms with Crippen LogP contribution in [0.15, 0.2) is 11.0 Å². The lowest BCUT2D eigenvalue weighted by Crippen LogP contribution is -1.98. The summed E-state index contributed by atoms with van der Waals surface area (Å²) in [6, 6.07) is 0. The summed E-state index contributed by atoms with van der Waals surface area (Å²) in [6.07, 6.45) is 1.58. The summed E-state index contributed by atoms with van der Waals surface area (Å²) in [5, 5.41) is 0. The quantitative estimate of drug-likeness (QED) is 0.327. The first-order valence-corrected chi connectivity index (χ1v) is 2.60. The van der Waals surface area contributed by atoms with Crippen LogP contribution in [0.4, 0.5) is 0 Å². The SMILES string of the molecule is CC=C(S)C(=O)OC. The average Bonchev–Trinajstić information content (AvgIpc) is 1.84. The molecular formula is C5H8O2S. The van der Waals surface area contributed by atoms with Crippen LogP contribution in [-0.2, 0) is 9.53 Å². The summed E-state index contributed by atoms with van der Waals surface area (Å²) >= 11 is 3.79. The average molecular weight is 132 g/mol. The van der Waals surface area contributed by atoms with Gasteiger partial charge in [0.15, 0.2) is 0 Å². The number of ether oxygens (including phenoxy) is 1. The summed E-state index contributed by atoms with van der Waals surface area (Å²) in [6.45, 7) is 1.72. The van der Waals surface area contributed by atoms with E-state index in [4.69, 9.17) is 0 Å². The van der Waals surface area contributed by atoms with Gasteiger partial charge in [-0.3, -0.25) is 0 Å². The van der Waals surface area contributed by atoms with E-state index in [-0.39, 0.29) is 0 Å². The summed E-state index contributed by atoms with van der Waals surface area (Å²) < 4.78 is 4.32.